The molecule has 0 saturated heterocycles. The van der Waals surface area contributed by atoms with Crippen LogP contribution in [0.5, 0.6) is 0 Å². The maximum atomic E-state index is 5.80. The van der Waals surface area contributed by atoms with Gasteiger partial charge in [-0.15, -0.1) is 0 Å². The van der Waals surface area contributed by atoms with Gasteiger partial charge < -0.3 is 10.7 Å². The number of hydrogen-bond acceptors (Lipinski definition) is 2. The van der Waals surface area contributed by atoms with Gasteiger partial charge in [0.05, 0.1) is 11.0 Å². The van der Waals surface area contributed by atoms with E-state index in [1.54, 1.807) is 0 Å². The van der Waals surface area contributed by atoms with E-state index in [4.69, 9.17) is 5.73 Å². The Hall–Kier alpha value is -2.29. The van der Waals surface area contributed by atoms with Gasteiger partial charge in [0.1, 0.15) is 5.82 Å². The first-order valence-corrected chi connectivity index (χ1v) is 5.96. The lowest BCUT2D eigenvalue weighted by molar-refractivity contribution is 1.34. The van der Waals surface area contributed by atoms with Gasteiger partial charge in [0.2, 0.25) is 0 Å². The summed E-state index contributed by atoms with van der Waals surface area (Å²) in [5.74, 6) is 0.863. The minimum Gasteiger partial charge on any atom is -0.399 e. The summed E-state index contributed by atoms with van der Waals surface area (Å²) in [7, 11) is 0. The molecule has 0 aliphatic rings. The summed E-state index contributed by atoms with van der Waals surface area (Å²) in [6.45, 7) is 4.21. The van der Waals surface area contributed by atoms with Crippen LogP contribution in [0.25, 0.3) is 22.4 Å². The van der Waals surface area contributed by atoms with Crippen LogP contribution in [0, 0.1) is 13.8 Å². The molecule has 0 unspecified atom stereocenters. The monoisotopic (exact) mass is 237 g/mol. The number of nitrogen functional groups attached to an aromatic ring is 1. The Morgan fingerprint density at radius 2 is 1.83 bits per heavy atom. The topological polar surface area (TPSA) is 54.7 Å². The zero-order valence-electron chi connectivity index (χ0n) is 10.5. The van der Waals surface area contributed by atoms with Crippen molar-refractivity contribution in [1.82, 2.24) is 9.97 Å². The predicted octanol–water partition coefficient (Wildman–Crippen LogP) is 3.43. The molecule has 3 heteroatoms. The fraction of sp³-hybridized carbons (Fsp3) is 0.133. The average molecular weight is 237 g/mol. The molecule has 0 aliphatic carbocycles. The Morgan fingerprint density at radius 1 is 1.06 bits per heavy atom. The van der Waals surface area contributed by atoms with Crippen LogP contribution in [-0.4, -0.2) is 9.97 Å². The van der Waals surface area contributed by atoms with E-state index in [0.29, 0.717) is 0 Å². The number of H-pyrrole nitrogens is 1. The molecule has 1 heterocycles. The third kappa shape index (κ3) is 1.74. The van der Waals surface area contributed by atoms with Gasteiger partial charge in [-0.2, -0.15) is 0 Å². The minimum atomic E-state index is 0.750. The molecule has 3 rings (SSSR count). The van der Waals surface area contributed by atoms with Gasteiger partial charge in [-0.25, -0.2) is 4.98 Å². The highest BCUT2D eigenvalue weighted by Crippen LogP contribution is 2.23. The fourth-order valence-corrected chi connectivity index (χ4v) is 2.09. The summed E-state index contributed by atoms with van der Waals surface area (Å²) in [5, 5.41) is 0. The van der Waals surface area contributed by atoms with Crippen molar-refractivity contribution in [1.29, 1.82) is 0 Å². The largest absolute Gasteiger partial charge is 0.399 e. The number of imidazole rings is 1. The normalized spacial score (nSPS) is 11.0. The standard InChI is InChI=1S/C15H15N3/c1-9-6-13-14(7-10(9)2)18-15(17-13)11-4-3-5-12(16)8-11/h3-8H,16H2,1-2H3,(H,17,18). The molecule has 2 aromatic carbocycles. The lowest BCUT2D eigenvalue weighted by atomic mass is 10.1. The van der Waals surface area contributed by atoms with Crippen LogP contribution in [0.4, 0.5) is 5.69 Å². The van der Waals surface area contributed by atoms with Gasteiger partial charge in [0.15, 0.2) is 0 Å². The summed E-state index contributed by atoms with van der Waals surface area (Å²) in [4.78, 5) is 7.96. The van der Waals surface area contributed by atoms with Crippen molar-refractivity contribution in [3.8, 4) is 11.4 Å². The molecule has 0 atom stereocenters. The Kier molecular flexibility index (Phi) is 2.33. The van der Waals surface area contributed by atoms with Crippen LogP contribution in [-0.2, 0) is 0 Å². The molecule has 90 valence electrons. The molecule has 0 spiro atoms. The van der Waals surface area contributed by atoms with Crippen molar-refractivity contribution in [2.24, 2.45) is 0 Å². The minimum absolute atomic E-state index is 0.750. The van der Waals surface area contributed by atoms with E-state index in [1.807, 2.05) is 24.3 Å². The smallest absolute Gasteiger partial charge is 0.138 e. The van der Waals surface area contributed by atoms with Gasteiger partial charge in [0, 0.05) is 11.3 Å². The fourth-order valence-electron chi connectivity index (χ4n) is 2.09. The number of aryl methyl sites for hydroxylation is 2. The van der Waals surface area contributed by atoms with E-state index in [-0.39, 0.29) is 0 Å². The molecule has 3 N–H and O–H groups in total. The van der Waals surface area contributed by atoms with Gasteiger partial charge in [-0.3, -0.25) is 0 Å². The number of nitrogens with two attached hydrogens (primary N) is 1. The van der Waals surface area contributed by atoms with Crippen LogP contribution in [0.3, 0.4) is 0 Å². The van der Waals surface area contributed by atoms with Crippen molar-refractivity contribution < 1.29 is 0 Å². The number of aromatic nitrogens is 2. The number of aromatic amines is 1. The first kappa shape index (κ1) is 10.8. The quantitative estimate of drug-likeness (QED) is 0.637. The van der Waals surface area contributed by atoms with Gasteiger partial charge in [0.25, 0.3) is 0 Å². The number of benzene rings is 2. The van der Waals surface area contributed by atoms with Gasteiger partial charge in [-0.1, -0.05) is 12.1 Å². The highest BCUT2D eigenvalue weighted by atomic mass is 14.9. The van der Waals surface area contributed by atoms with Crippen molar-refractivity contribution in [3.63, 3.8) is 0 Å². The van der Waals surface area contributed by atoms with Crippen molar-refractivity contribution in [2.45, 2.75) is 13.8 Å². The summed E-state index contributed by atoms with van der Waals surface area (Å²) in [6.07, 6.45) is 0. The molecule has 0 amide bonds. The lowest BCUT2D eigenvalue weighted by Crippen LogP contribution is -1.86. The lowest BCUT2D eigenvalue weighted by Gasteiger charge is -1.97. The molecule has 0 aliphatic heterocycles. The Bertz CT molecular complexity index is 687. The Morgan fingerprint density at radius 3 is 2.61 bits per heavy atom. The van der Waals surface area contributed by atoms with Crippen molar-refractivity contribution in [2.75, 3.05) is 5.73 Å². The molecule has 0 bridgehead atoms. The second-order valence-electron chi connectivity index (χ2n) is 4.66. The highest BCUT2D eigenvalue weighted by Gasteiger charge is 2.06. The highest BCUT2D eigenvalue weighted by molar-refractivity contribution is 5.81. The number of anilines is 1. The molecule has 0 saturated carbocycles. The molecular formula is C15H15N3. The maximum Gasteiger partial charge on any atom is 0.138 e. The van der Waals surface area contributed by atoms with E-state index in [1.165, 1.54) is 11.1 Å². The molecular weight excluding hydrogens is 222 g/mol. The van der Waals surface area contributed by atoms with E-state index in [9.17, 15) is 0 Å². The zero-order valence-corrected chi connectivity index (χ0v) is 10.5. The average Bonchev–Trinajstić information content (AvgIpc) is 2.73. The number of nitrogens with one attached hydrogen (secondary N) is 1. The van der Waals surface area contributed by atoms with E-state index in [0.717, 1.165) is 28.1 Å². The number of nitrogens with zero attached hydrogens (tertiary/aromatic N) is 1. The first-order valence-electron chi connectivity index (χ1n) is 5.96. The maximum absolute atomic E-state index is 5.80. The van der Waals surface area contributed by atoms with Crippen molar-refractivity contribution in [3.05, 3.63) is 47.5 Å². The number of rotatable bonds is 1. The van der Waals surface area contributed by atoms with Crippen LogP contribution in [0.2, 0.25) is 0 Å². The molecule has 0 fully saturated rings. The third-order valence-electron chi connectivity index (χ3n) is 3.26. The first-order chi connectivity index (χ1) is 8.63. The predicted molar refractivity (Wildman–Crippen MR) is 75.4 cm³/mol. The summed E-state index contributed by atoms with van der Waals surface area (Å²) >= 11 is 0. The molecule has 18 heavy (non-hydrogen) atoms. The third-order valence-corrected chi connectivity index (χ3v) is 3.26. The van der Waals surface area contributed by atoms with E-state index < -0.39 is 0 Å². The molecule has 1 aromatic heterocycles. The molecule has 3 aromatic rings. The van der Waals surface area contributed by atoms with E-state index >= 15 is 0 Å². The summed E-state index contributed by atoms with van der Waals surface area (Å²) < 4.78 is 0. The number of hydrogen-bond donors (Lipinski definition) is 2. The summed E-state index contributed by atoms with van der Waals surface area (Å²) in [5.41, 5.74) is 12.1. The van der Waals surface area contributed by atoms with Crippen LogP contribution >= 0.6 is 0 Å². The molecule has 0 radical (unpaired) electrons. The second-order valence-corrected chi connectivity index (χ2v) is 4.66. The van der Waals surface area contributed by atoms with Crippen molar-refractivity contribution >= 4 is 16.7 Å². The molecule has 3 nitrogen and oxygen atoms in total. The van der Waals surface area contributed by atoms with Crippen LogP contribution in [0.15, 0.2) is 36.4 Å². The van der Waals surface area contributed by atoms with Crippen LogP contribution in [0.1, 0.15) is 11.1 Å². The SMILES string of the molecule is Cc1cc2nc(-c3cccc(N)c3)[nH]c2cc1C. The number of fused-ring (bicyclic) bond motifs is 1. The van der Waals surface area contributed by atoms with Crippen LogP contribution < -0.4 is 5.73 Å². The second kappa shape index (κ2) is 3.88. The van der Waals surface area contributed by atoms with E-state index in [2.05, 4.69) is 35.9 Å². The zero-order chi connectivity index (χ0) is 12.7. The van der Waals surface area contributed by atoms with Gasteiger partial charge in [-0.05, 0) is 49.2 Å². The van der Waals surface area contributed by atoms with Gasteiger partial charge >= 0.3 is 0 Å². The Labute approximate surface area is 106 Å². The summed E-state index contributed by atoms with van der Waals surface area (Å²) in [6, 6.07) is 12.0. The Balaban J connectivity index is 2.19.